The molecule has 0 saturated carbocycles. The lowest BCUT2D eigenvalue weighted by molar-refractivity contribution is 0.288. The smallest absolute Gasteiger partial charge is 0.122 e. The van der Waals surface area contributed by atoms with E-state index in [1.165, 1.54) is 16.7 Å². The van der Waals surface area contributed by atoms with E-state index in [-0.39, 0.29) is 6.04 Å². The molecule has 2 aromatic rings. The summed E-state index contributed by atoms with van der Waals surface area (Å²) in [6, 6.07) is 14.4. The van der Waals surface area contributed by atoms with Gasteiger partial charge in [0.1, 0.15) is 11.5 Å². The molecule has 1 heterocycles. The van der Waals surface area contributed by atoms with Crippen LogP contribution >= 0.6 is 0 Å². The van der Waals surface area contributed by atoms with Crippen LogP contribution in [0.5, 0.6) is 11.5 Å². The number of benzene rings is 2. The van der Waals surface area contributed by atoms with E-state index in [1.54, 1.807) is 7.11 Å². The molecule has 0 radical (unpaired) electrons. The highest BCUT2D eigenvalue weighted by atomic mass is 16.5. The second kappa shape index (κ2) is 6.19. The van der Waals surface area contributed by atoms with Crippen molar-refractivity contribution < 1.29 is 9.47 Å². The largest absolute Gasteiger partial charge is 0.497 e. The van der Waals surface area contributed by atoms with Crippen molar-refractivity contribution in [1.29, 1.82) is 0 Å². The predicted octanol–water partition coefficient (Wildman–Crippen LogP) is 3.26. The molecule has 0 spiro atoms. The van der Waals surface area contributed by atoms with Crippen molar-refractivity contribution in [2.24, 2.45) is 5.73 Å². The molecule has 2 N–H and O–H groups in total. The average Bonchev–Trinajstić information content (AvgIpc) is 2.54. The maximum absolute atomic E-state index is 6.37. The van der Waals surface area contributed by atoms with Gasteiger partial charge in [0.15, 0.2) is 0 Å². The van der Waals surface area contributed by atoms with Gasteiger partial charge in [-0.2, -0.15) is 0 Å². The normalized spacial score (nSPS) is 15.0. The molecule has 0 aromatic heterocycles. The van der Waals surface area contributed by atoms with Gasteiger partial charge in [0.25, 0.3) is 0 Å². The van der Waals surface area contributed by atoms with E-state index in [2.05, 4.69) is 24.3 Å². The molecule has 1 aliphatic heterocycles. The topological polar surface area (TPSA) is 44.5 Å². The van der Waals surface area contributed by atoms with Crippen LogP contribution in [0.15, 0.2) is 42.5 Å². The summed E-state index contributed by atoms with van der Waals surface area (Å²) >= 11 is 0. The van der Waals surface area contributed by atoms with E-state index in [4.69, 9.17) is 15.2 Å². The van der Waals surface area contributed by atoms with Crippen LogP contribution in [-0.4, -0.2) is 13.7 Å². The second-order valence-electron chi connectivity index (χ2n) is 5.48. The Balaban J connectivity index is 1.76. The lowest BCUT2D eigenvalue weighted by atomic mass is 9.96. The summed E-state index contributed by atoms with van der Waals surface area (Å²) in [5.74, 6) is 1.89. The minimum absolute atomic E-state index is 0.00988. The van der Waals surface area contributed by atoms with Crippen LogP contribution in [0.4, 0.5) is 0 Å². The Kier molecular flexibility index (Phi) is 4.11. The fourth-order valence-electron chi connectivity index (χ4n) is 2.78. The average molecular weight is 283 g/mol. The molecule has 0 fully saturated rings. The molecule has 2 aromatic carbocycles. The predicted molar refractivity (Wildman–Crippen MR) is 83.9 cm³/mol. The van der Waals surface area contributed by atoms with E-state index < -0.39 is 0 Å². The summed E-state index contributed by atoms with van der Waals surface area (Å²) in [5, 5.41) is 0. The molecule has 110 valence electrons. The van der Waals surface area contributed by atoms with Crippen LogP contribution in [0, 0.1) is 0 Å². The fourth-order valence-corrected chi connectivity index (χ4v) is 2.78. The maximum atomic E-state index is 6.37. The zero-order chi connectivity index (χ0) is 14.7. The number of fused-ring (bicyclic) bond motifs is 1. The van der Waals surface area contributed by atoms with Gasteiger partial charge in [-0.25, -0.2) is 0 Å². The molecule has 1 atom stereocenters. The summed E-state index contributed by atoms with van der Waals surface area (Å²) < 4.78 is 10.9. The van der Waals surface area contributed by atoms with Crippen LogP contribution in [0.25, 0.3) is 0 Å². The van der Waals surface area contributed by atoms with Crippen molar-refractivity contribution in [2.45, 2.75) is 25.3 Å². The van der Waals surface area contributed by atoms with Crippen LogP contribution in [0.2, 0.25) is 0 Å². The Hall–Kier alpha value is -2.00. The second-order valence-corrected chi connectivity index (χ2v) is 5.48. The number of hydrogen-bond acceptors (Lipinski definition) is 3. The van der Waals surface area contributed by atoms with Gasteiger partial charge in [0, 0.05) is 6.04 Å². The molecule has 21 heavy (non-hydrogen) atoms. The van der Waals surface area contributed by atoms with Gasteiger partial charge in [-0.05, 0) is 54.2 Å². The zero-order valence-corrected chi connectivity index (χ0v) is 12.3. The Morgan fingerprint density at radius 1 is 1.24 bits per heavy atom. The quantitative estimate of drug-likeness (QED) is 0.936. The summed E-state index contributed by atoms with van der Waals surface area (Å²) in [6.07, 6.45) is 2.97. The molecule has 3 heteroatoms. The van der Waals surface area contributed by atoms with E-state index in [9.17, 15) is 0 Å². The monoisotopic (exact) mass is 283 g/mol. The van der Waals surface area contributed by atoms with Crippen molar-refractivity contribution in [3.05, 3.63) is 59.2 Å². The number of hydrogen-bond donors (Lipinski definition) is 1. The number of methoxy groups -OCH3 is 1. The summed E-state index contributed by atoms with van der Waals surface area (Å²) in [5.41, 5.74) is 10.0. The standard InChI is InChI=1S/C18H21NO2/c1-20-16-6-2-4-13(10-16)11-17(19)14-7-8-18-15(12-14)5-3-9-21-18/h2,4,6-8,10,12,17H,3,5,9,11,19H2,1H3. The van der Waals surface area contributed by atoms with Crippen molar-refractivity contribution in [1.82, 2.24) is 0 Å². The highest BCUT2D eigenvalue weighted by Crippen LogP contribution is 2.28. The van der Waals surface area contributed by atoms with Gasteiger partial charge in [0.2, 0.25) is 0 Å². The van der Waals surface area contributed by atoms with Crippen molar-refractivity contribution >= 4 is 0 Å². The molecule has 0 aliphatic carbocycles. The molecule has 0 saturated heterocycles. The minimum atomic E-state index is -0.00988. The molecule has 0 bridgehead atoms. The highest BCUT2D eigenvalue weighted by molar-refractivity contribution is 5.40. The zero-order valence-electron chi connectivity index (χ0n) is 12.3. The molecular formula is C18H21NO2. The van der Waals surface area contributed by atoms with Gasteiger partial charge in [0.05, 0.1) is 13.7 Å². The van der Waals surface area contributed by atoms with E-state index in [0.29, 0.717) is 0 Å². The Bertz CT molecular complexity index is 624. The third kappa shape index (κ3) is 3.19. The van der Waals surface area contributed by atoms with Gasteiger partial charge in [-0.15, -0.1) is 0 Å². The molecule has 1 aliphatic rings. The highest BCUT2D eigenvalue weighted by Gasteiger charge is 2.14. The number of rotatable bonds is 4. The molecule has 1 unspecified atom stereocenters. The van der Waals surface area contributed by atoms with Crippen LogP contribution in [-0.2, 0) is 12.8 Å². The first-order valence-electron chi connectivity index (χ1n) is 7.40. The Morgan fingerprint density at radius 2 is 2.14 bits per heavy atom. The number of aryl methyl sites for hydroxylation is 1. The first kappa shape index (κ1) is 14.0. The Morgan fingerprint density at radius 3 is 3.00 bits per heavy atom. The van der Waals surface area contributed by atoms with Crippen LogP contribution in [0.3, 0.4) is 0 Å². The third-order valence-corrected chi connectivity index (χ3v) is 3.95. The first-order valence-corrected chi connectivity index (χ1v) is 7.40. The van der Waals surface area contributed by atoms with Gasteiger partial charge < -0.3 is 15.2 Å². The van der Waals surface area contributed by atoms with Crippen molar-refractivity contribution in [2.75, 3.05) is 13.7 Å². The van der Waals surface area contributed by atoms with Crippen LogP contribution in [0.1, 0.15) is 29.2 Å². The lowest BCUT2D eigenvalue weighted by Gasteiger charge is -2.20. The fraction of sp³-hybridized carbons (Fsp3) is 0.333. The Labute approximate surface area is 125 Å². The minimum Gasteiger partial charge on any atom is -0.497 e. The molecule has 0 amide bonds. The van der Waals surface area contributed by atoms with Crippen molar-refractivity contribution in [3.63, 3.8) is 0 Å². The van der Waals surface area contributed by atoms with Gasteiger partial charge in [-0.1, -0.05) is 24.3 Å². The van der Waals surface area contributed by atoms with Crippen molar-refractivity contribution in [3.8, 4) is 11.5 Å². The lowest BCUT2D eigenvalue weighted by Crippen LogP contribution is -2.15. The summed E-state index contributed by atoms with van der Waals surface area (Å²) in [4.78, 5) is 0. The molecule has 3 rings (SSSR count). The SMILES string of the molecule is COc1cccc(CC(N)c2ccc3c(c2)CCCO3)c1. The number of ether oxygens (including phenoxy) is 2. The number of nitrogens with two attached hydrogens (primary N) is 1. The van der Waals surface area contributed by atoms with E-state index in [1.807, 2.05) is 18.2 Å². The maximum Gasteiger partial charge on any atom is 0.122 e. The first-order chi connectivity index (χ1) is 10.3. The van der Waals surface area contributed by atoms with E-state index >= 15 is 0 Å². The van der Waals surface area contributed by atoms with Gasteiger partial charge in [-0.3, -0.25) is 0 Å². The molecule has 3 nitrogen and oxygen atoms in total. The summed E-state index contributed by atoms with van der Waals surface area (Å²) in [7, 11) is 1.68. The van der Waals surface area contributed by atoms with Gasteiger partial charge >= 0.3 is 0 Å². The van der Waals surface area contributed by atoms with E-state index in [0.717, 1.165) is 37.4 Å². The molecular weight excluding hydrogens is 262 g/mol. The third-order valence-electron chi connectivity index (χ3n) is 3.95. The summed E-state index contributed by atoms with van der Waals surface area (Å²) in [6.45, 7) is 0.822. The van der Waals surface area contributed by atoms with Crippen LogP contribution < -0.4 is 15.2 Å².